The lowest BCUT2D eigenvalue weighted by Gasteiger charge is -2.13. The maximum atomic E-state index is 13.8. The number of hydrogen-bond donors (Lipinski definition) is 1. The third-order valence-electron chi connectivity index (χ3n) is 3.37. The van der Waals surface area contributed by atoms with Crippen molar-refractivity contribution in [2.24, 2.45) is 0 Å². The number of aryl methyl sites for hydroxylation is 1. The first kappa shape index (κ1) is 12.7. The lowest BCUT2D eigenvalue weighted by atomic mass is 10.2. The van der Waals surface area contributed by atoms with Crippen molar-refractivity contribution in [3.05, 3.63) is 65.7 Å². The average Bonchev–Trinajstić information content (AvgIpc) is 2.86. The minimum atomic E-state index is -0.243. The van der Waals surface area contributed by atoms with Gasteiger partial charge in [-0.2, -0.15) is 0 Å². The van der Waals surface area contributed by atoms with Gasteiger partial charge in [-0.3, -0.25) is 0 Å². The molecule has 0 radical (unpaired) electrons. The predicted molar refractivity (Wildman–Crippen MR) is 79.4 cm³/mol. The molecule has 0 amide bonds. The summed E-state index contributed by atoms with van der Waals surface area (Å²) in [5.41, 5.74) is 2.24. The molecule has 0 bridgehead atoms. The maximum absolute atomic E-state index is 13.8. The number of furan rings is 1. The molecule has 0 aliphatic rings. The summed E-state index contributed by atoms with van der Waals surface area (Å²) in [6.07, 6.45) is 0. The van der Waals surface area contributed by atoms with E-state index in [1.54, 1.807) is 6.07 Å². The van der Waals surface area contributed by atoms with E-state index in [0.29, 0.717) is 5.69 Å². The molecule has 0 spiro atoms. The Labute approximate surface area is 117 Å². The van der Waals surface area contributed by atoms with E-state index in [0.717, 1.165) is 22.3 Å². The van der Waals surface area contributed by atoms with Gasteiger partial charge in [-0.05, 0) is 43.7 Å². The third kappa shape index (κ3) is 2.39. The van der Waals surface area contributed by atoms with E-state index < -0.39 is 0 Å². The SMILES string of the molecule is Cc1ccc(NC(C)c2cc3ccccc3o2)c(F)c1. The zero-order valence-corrected chi connectivity index (χ0v) is 11.5. The summed E-state index contributed by atoms with van der Waals surface area (Å²) in [5.74, 6) is 0.555. The molecule has 0 saturated carbocycles. The van der Waals surface area contributed by atoms with Crippen LogP contribution in [0.4, 0.5) is 10.1 Å². The standard InChI is InChI=1S/C17H16FNO/c1-11-7-8-15(14(18)9-11)19-12(2)17-10-13-5-3-4-6-16(13)20-17/h3-10,12,19H,1-2H3. The molecule has 2 nitrogen and oxygen atoms in total. The summed E-state index contributed by atoms with van der Waals surface area (Å²) in [6.45, 7) is 3.83. The predicted octanol–water partition coefficient (Wildman–Crippen LogP) is 5.05. The fourth-order valence-corrected chi connectivity index (χ4v) is 2.26. The molecule has 1 atom stereocenters. The van der Waals surface area contributed by atoms with E-state index in [9.17, 15) is 4.39 Å². The van der Waals surface area contributed by atoms with Crippen molar-refractivity contribution in [1.82, 2.24) is 0 Å². The molecule has 3 rings (SSSR count). The molecule has 20 heavy (non-hydrogen) atoms. The van der Waals surface area contributed by atoms with E-state index in [4.69, 9.17) is 4.42 Å². The molecule has 1 heterocycles. The van der Waals surface area contributed by atoms with E-state index in [2.05, 4.69) is 5.32 Å². The van der Waals surface area contributed by atoms with E-state index in [1.807, 2.05) is 50.2 Å². The summed E-state index contributed by atoms with van der Waals surface area (Å²) in [6, 6.07) is 14.9. The summed E-state index contributed by atoms with van der Waals surface area (Å²) in [5, 5.41) is 4.20. The van der Waals surface area contributed by atoms with Crippen LogP contribution in [0.1, 0.15) is 24.3 Å². The Morgan fingerprint density at radius 3 is 2.65 bits per heavy atom. The molecular weight excluding hydrogens is 253 g/mol. The first-order chi connectivity index (χ1) is 9.63. The number of benzene rings is 2. The lowest BCUT2D eigenvalue weighted by Crippen LogP contribution is -2.07. The van der Waals surface area contributed by atoms with Gasteiger partial charge in [-0.25, -0.2) is 4.39 Å². The van der Waals surface area contributed by atoms with Crippen LogP contribution in [0.5, 0.6) is 0 Å². The number of fused-ring (bicyclic) bond motifs is 1. The van der Waals surface area contributed by atoms with Crippen molar-refractivity contribution < 1.29 is 8.81 Å². The van der Waals surface area contributed by atoms with Crippen molar-refractivity contribution in [1.29, 1.82) is 0 Å². The summed E-state index contributed by atoms with van der Waals surface area (Å²) in [4.78, 5) is 0. The zero-order valence-electron chi connectivity index (χ0n) is 11.5. The zero-order chi connectivity index (χ0) is 14.1. The number of halogens is 1. The summed E-state index contributed by atoms with van der Waals surface area (Å²) in [7, 11) is 0. The van der Waals surface area contributed by atoms with Crippen molar-refractivity contribution in [3.63, 3.8) is 0 Å². The highest BCUT2D eigenvalue weighted by molar-refractivity contribution is 5.77. The number of para-hydroxylation sites is 1. The van der Waals surface area contributed by atoms with E-state index in [-0.39, 0.29) is 11.9 Å². The first-order valence-corrected chi connectivity index (χ1v) is 6.64. The highest BCUT2D eigenvalue weighted by Crippen LogP contribution is 2.27. The second kappa shape index (κ2) is 5.00. The van der Waals surface area contributed by atoms with E-state index >= 15 is 0 Å². The van der Waals surface area contributed by atoms with E-state index in [1.165, 1.54) is 6.07 Å². The molecule has 102 valence electrons. The topological polar surface area (TPSA) is 25.2 Å². The third-order valence-corrected chi connectivity index (χ3v) is 3.37. The van der Waals surface area contributed by atoms with Crippen molar-refractivity contribution in [2.45, 2.75) is 19.9 Å². The van der Waals surface area contributed by atoms with Gasteiger partial charge in [-0.15, -0.1) is 0 Å². The number of rotatable bonds is 3. The van der Waals surface area contributed by atoms with Gasteiger partial charge >= 0.3 is 0 Å². The van der Waals surface area contributed by atoms with Gasteiger partial charge in [0, 0.05) is 5.39 Å². The van der Waals surface area contributed by atoms with Crippen LogP contribution in [0, 0.1) is 12.7 Å². The molecule has 0 aliphatic carbocycles. The Morgan fingerprint density at radius 1 is 1.10 bits per heavy atom. The van der Waals surface area contributed by atoms with Crippen molar-refractivity contribution >= 4 is 16.7 Å². The van der Waals surface area contributed by atoms with Crippen LogP contribution >= 0.6 is 0 Å². The average molecular weight is 269 g/mol. The molecule has 2 aromatic carbocycles. The number of nitrogens with one attached hydrogen (secondary N) is 1. The van der Waals surface area contributed by atoms with Crippen molar-refractivity contribution in [2.75, 3.05) is 5.32 Å². The first-order valence-electron chi connectivity index (χ1n) is 6.64. The maximum Gasteiger partial charge on any atom is 0.146 e. The summed E-state index contributed by atoms with van der Waals surface area (Å²) < 4.78 is 19.6. The van der Waals surface area contributed by atoms with Gasteiger partial charge in [0.2, 0.25) is 0 Å². The Balaban J connectivity index is 1.86. The Hall–Kier alpha value is -2.29. The van der Waals surface area contributed by atoms with Crippen LogP contribution in [-0.4, -0.2) is 0 Å². The quantitative estimate of drug-likeness (QED) is 0.719. The Kier molecular flexibility index (Phi) is 3.18. The largest absolute Gasteiger partial charge is 0.459 e. The molecule has 3 heteroatoms. The molecule has 3 aromatic rings. The van der Waals surface area contributed by atoms with Gasteiger partial charge in [0.25, 0.3) is 0 Å². The lowest BCUT2D eigenvalue weighted by molar-refractivity contribution is 0.524. The highest BCUT2D eigenvalue weighted by Gasteiger charge is 2.13. The minimum absolute atomic E-state index is 0.0976. The molecule has 1 N–H and O–H groups in total. The van der Waals surface area contributed by atoms with Gasteiger partial charge < -0.3 is 9.73 Å². The van der Waals surface area contributed by atoms with Gasteiger partial charge in [0.1, 0.15) is 17.2 Å². The van der Waals surface area contributed by atoms with Gasteiger partial charge in [0.15, 0.2) is 0 Å². The minimum Gasteiger partial charge on any atom is -0.459 e. The van der Waals surface area contributed by atoms with Gasteiger partial charge in [-0.1, -0.05) is 24.3 Å². The molecule has 1 aromatic heterocycles. The Bertz CT molecular complexity index is 715. The fraction of sp³-hybridized carbons (Fsp3) is 0.176. The van der Waals surface area contributed by atoms with Crippen LogP contribution in [0.15, 0.2) is 52.9 Å². The molecule has 1 unspecified atom stereocenters. The smallest absolute Gasteiger partial charge is 0.146 e. The van der Waals surface area contributed by atoms with Crippen molar-refractivity contribution in [3.8, 4) is 0 Å². The van der Waals surface area contributed by atoms with Crippen LogP contribution < -0.4 is 5.32 Å². The summed E-state index contributed by atoms with van der Waals surface area (Å²) >= 11 is 0. The highest BCUT2D eigenvalue weighted by atomic mass is 19.1. The van der Waals surface area contributed by atoms with Crippen LogP contribution in [-0.2, 0) is 0 Å². The molecule has 0 aliphatic heterocycles. The molecule has 0 fully saturated rings. The van der Waals surface area contributed by atoms with Gasteiger partial charge in [0.05, 0.1) is 11.7 Å². The normalized spacial score (nSPS) is 12.6. The van der Waals surface area contributed by atoms with Crippen LogP contribution in [0.25, 0.3) is 11.0 Å². The van der Waals surface area contributed by atoms with Crippen LogP contribution in [0.3, 0.4) is 0 Å². The second-order valence-corrected chi connectivity index (χ2v) is 5.04. The second-order valence-electron chi connectivity index (χ2n) is 5.04. The Morgan fingerprint density at radius 2 is 1.90 bits per heavy atom. The van der Waals surface area contributed by atoms with Crippen LogP contribution in [0.2, 0.25) is 0 Å². The fourth-order valence-electron chi connectivity index (χ4n) is 2.26. The number of anilines is 1. The monoisotopic (exact) mass is 269 g/mol. The number of hydrogen-bond acceptors (Lipinski definition) is 2. The molecule has 0 saturated heterocycles. The molecular formula is C17H16FNO.